The molecular formula is C17H16F3N3O3. The van der Waals surface area contributed by atoms with Crippen LogP contribution >= 0.6 is 0 Å². The maximum Gasteiger partial charge on any atom is 0.416 e. The van der Waals surface area contributed by atoms with E-state index in [1.54, 1.807) is 6.92 Å². The summed E-state index contributed by atoms with van der Waals surface area (Å²) in [5, 5.41) is 3.80. The van der Waals surface area contributed by atoms with Crippen LogP contribution in [0.1, 0.15) is 34.5 Å². The number of nitrogens with zero attached hydrogens (tertiary/aromatic N) is 3. The molecule has 1 aliphatic heterocycles. The summed E-state index contributed by atoms with van der Waals surface area (Å²) in [7, 11) is 0. The molecule has 6 nitrogen and oxygen atoms in total. The van der Waals surface area contributed by atoms with Gasteiger partial charge < -0.3 is 9.42 Å². The number of anilines is 1. The molecule has 1 aliphatic rings. The maximum atomic E-state index is 12.8. The monoisotopic (exact) mass is 367 g/mol. The van der Waals surface area contributed by atoms with Gasteiger partial charge in [0.1, 0.15) is 12.4 Å². The molecule has 2 amide bonds. The van der Waals surface area contributed by atoms with Gasteiger partial charge in [0.15, 0.2) is 5.82 Å². The van der Waals surface area contributed by atoms with Crippen molar-refractivity contribution in [3.05, 3.63) is 47.2 Å². The lowest BCUT2D eigenvalue weighted by Gasteiger charge is -2.26. The highest BCUT2D eigenvalue weighted by molar-refractivity contribution is 6.05. The van der Waals surface area contributed by atoms with E-state index < -0.39 is 17.6 Å². The van der Waals surface area contributed by atoms with Crippen molar-refractivity contribution in [2.45, 2.75) is 25.9 Å². The minimum absolute atomic E-state index is 0.0370. The van der Waals surface area contributed by atoms with Crippen LogP contribution < -0.4 is 4.90 Å². The van der Waals surface area contributed by atoms with Crippen molar-refractivity contribution in [3.63, 3.8) is 0 Å². The third-order valence-electron chi connectivity index (χ3n) is 4.08. The fraction of sp³-hybridized carbons (Fsp3) is 0.353. The third kappa shape index (κ3) is 3.71. The van der Waals surface area contributed by atoms with E-state index in [2.05, 4.69) is 5.16 Å². The first-order valence-corrected chi connectivity index (χ1v) is 7.96. The normalized spacial score (nSPS) is 14.8. The summed E-state index contributed by atoms with van der Waals surface area (Å²) < 4.78 is 43.1. The number of carbonyl (C=O) groups excluding carboxylic acids is 2. The standard InChI is InChI=1S/C17H16F3N3O3/c1-11-9-14(21-26-11)23(10-22-8-2-3-15(22)24)16(25)12-4-6-13(7-5-12)17(18,19)20/h4-7,9H,2-3,8,10H2,1H3. The van der Waals surface area contributed by atoms with Gasteiger partial charge >= 0.3 is 6.18 Å². The minimum atomic E-state index is -4.48. The third-order valence-corrected chi connectivity index (χ3v) is 4.08. The molecule has 0 bridgehead atoms. The molecule has 1 saturated heterocycles. The van der Waals surface area contributed by atoms with Gasteiger partial charge in [0.25, 0.3) is 5.91 Å². The molecule has 0 saturated carbocycles. The number of aryl methyl sites for hydroxylation is 1. The summed E-state index contributed by atoms with van der Waals surface area (Å²) in [5.74, 6) is 0.0206. The van der Waals surface area contributed by atoms with E-state index in [9.17, 15) is 22.8 Å². The second-order valence-corrected chi connectivity index (χ2v) is 6.01. The van der Waals surface area contributed by atoms with E-state index in [1.165, 1.54) is 15.9 Å². The van der Waals surface area contributed by atoms with Gasteiger partial charge in [-0.25, -0.2) is 0 Å². The number of halogens is 3. The summed E-state index contributed by atoms with van der Waals surface area (Å²) >= 11 is 0. The second-order valence-electron chi connectivity index (χ2n) is 6.01. The molecule has 2 heterocycles. The van der Waals surface area contributed by atoms with E-state index in [1.807, 2.05) is 0 Å². The molecule has 0 N–H and O–H groups in total. The average molecular weight is 367 g/mol. The van der Waals surface area contributed by atoms with Crippen molar-refractivity contribution in [2.24, 2.45) is 0 Å². The molecule has 1 aromatic heterocycles. The van der Waals surface area contributed by atoms with Gasteiger partial charge in [0, 0.05) is 24.6 Å². The average Bonchev–Trinajstić information content (AvgIpc) is 3.20. The Balaban J connectivity index is 1.88. The number of rotatable bonds is 4. The Morgan fingerprint density at radius 3 is 2.50 bits per heavy atom. The lowest BCUT2D eigenvalue weighted by Crippen LogP contribution is -2.42. The predicted molar refractivity (Wildman–Crippen MR) is 85.3 cm³/mol. The van der Waals surface area contributed by atoms with Gasteiger partial charge in [0.05, 0.1) is 5.56 Å². The number of aromatic nitrogens is 1. The lowest BCUT2D eigenvalue weighted by molar-refractivity contribution is -0.137. The number of hydrogen-bond donors (Lipinski definition) is 0. The van der Waals surface area contributed by atoms with Crippen molar-refractivity contribution in [2.75, 3.05) is 18.1 Å². The van der Waals surface area contributed by atoms with Crippen LogP contribution in [0.2, 0.25) is 0 Å². The van der Waals surface area contributed by atoms with Crippen LogP contribution in [0.5, 0.6) is 0 Å². The summed E-state index contributed by atoms with van der Waals surface area (Å²) in [4.78, 5) is 27.4. The SMILES string of the molecule is Cc1cc(N(CN2CCCC2=O)C(=O)c2ccc(C(F)(F)F)cc2)no1. The van der Waals surface area contributed by atoms with Gasteiger partial charge in [-0.3, -0.25) is 14.5 Å². The van der Waals surface area contributed by atoms with Crippen molar-refractivity contribution >= 4 is 17.6 Å². The number of benzene rings is 1. The Morgan fingerprint density at radius 1 is 1.31 bits per heavy atom. The largest absolute Gasteiger partial charge is 0.416 e. The minimum Gasteiger partial charge on any atom is -0.360 e. The van der Waals surface area contributed by atoms with Crippen molar-refractivity contribution in [1.29, 1.82) is 0 Å². The van der Waals surface area contributed by atoms with Crippen LogP contribution in [0.15, 0.2) is 34.9 Å². The molecule has 1 fully saturated rings. The van der Waals surface area contributed by atoms with Crippen molar-refractivity contribution in [1.82, 2.24) is 10.1 Å². The Labute approximate surface area is 147 Å². The van der Waals surface area contributed by atoms with E-state index in [0.717, 1.165) is 24.3 Å². The zero-order valence-corrected chi connectivity index (χ0v) is 13.9. The molecule has 9 heteroatoms. The van der Waals surface area contributed by atoms with Crippen LogP contribution in [0.25, 0.3) is 0 Å². The Hall–Kier alpha value is -2.84. The van der Waals surface area contributed by atoms with Crippen LogP contribution in [-0.2, 0) is 11.0 Å². The lowest BCUT2D eigenvalue weighted by atomic mass is 10.1. The van der Waals surface area contributed by atoms with Gasteiger partial charge in [-0.2, -0.15) is 13.2 Å². The van der Waals surface area contributed by atoms with E-state index in [0.29, 0.717) is 25.1 Å². The molecule has 3 rings (SSSR count). The van der Waals surface area contributed by atoms with Gasteiger partial charge in [-0.15, -0.1) is 0 Å². The summed E-state index contributed by atoms with van der Waals surface area (Å²) in [6.07, 6.45) is -3.38. The van der Waals surface area contributed by atoms with Gasteiger partial charge in [-0.1, -0.05) is 5.16 Å². The molecule has 0 unspecified atom stereocenters. The summed E-state index contributed by atoms with van der Waals surface area (Å²) in [6, 6.07) is 5.44. The Morgan fingerprint density at radius 2 is 2.00 bits per heavy atom. The molecule has 2 aromatic rings. The molecule has 0 aliphatic carbocycles. The number of amides is 2. The van der Waals surface area contributed by atoms with E-state index >= 15 is 0 Å². The Kier molecular flexibility index (Phi) is 4.71. The van der Waals surface area contributed by atoms with Crippen LogP contribution in [0.4, 0.5) is 19.0 Å². The van der Waals surface area contributed by atoms with Crippen LogP contribution in [0.3, 0.4) is 0 Å². The van der Waals surface area contributed by atoms with E-state index in [-0.39, 0.29) is 24.0 Å². The smallest absolute Gasteiger partial charge is 0.360 e. The molecule has 0 spiro atoms. The first kappa shape index (κ1) is 18.0. The first-order chi connectivity index (χ1) is 12.3. The molecular weight excluding hydrogens is 351 g/mol. The number of hydrogen-bond acceptors (Lipinski definition) is 4. The highest BCUT2D eigenvalue weighted by Crippen LogP contribution is 2.29. The molecule has 138 valence electrons. The predicted octanol–water partition coefficient (Wildman–Crippen LogP) is 3.23. The fourth-order valence-corrected chi connectivity index (χ4v) is 2.70. The number of likely N-dealkylation sites (tertiary alicyclic amines) is 1. The highest BCUT2D eigenvalue weighted by atomic mass is 19.4. The number of alkyl halides is 3. The number of carbonyl (C=O) groups is 2. The zero-order valence-electron chi connectivity index (χ0n) is 13.9. The zero-order chi connectivity index (χ0) is 18.9. The highest BCUT2D eigenvalue weighted by Gasteiger charge is 2.31. The van der Waals surface area contributed by atoms with E-state index in [4.69, 9.17) is 4.52 Å². The van der Waals surface area contributed by atoms with Crippen LogP contribution in [-0.4, -0.2) is 35.1 Å². The second kappa shape index (κ2) is 6.81. The van der Waals surface area contributed by atoms with Gasteiger partial charge in [-0.05, 0) is 37.6 Å². The quantitative estimate of drug-likeness (QED) is 0.832. The summed E-state index contributed by atoms with van der Waals surface area (Å²) in [6.45, 7) is 2.12. The van der Waals surface area contributed by atoms with Gasteiger partial charge in [0.2, 0.25) is 5.91 Å². The van der Waals surface area contributed by atoms with Crippen molar-refractivity contribution < 1.29 is 27.3 Å². The fourth-order valence-electron chi connectivity index (χ4n) is 2.70. The molecule has 0 radical (unpaired) electrons. The Bertz CT molecular complexity index is 815. The first-order valence-electron chi connectivity index (χ1n) is 7.96. The van der Waals surface area contributed by atoms with Crippen molar-refractivity contribution in [3.8, 4) is 0 Å². The molecule has 1 aromatic carbocycles. The summed E-state index contributed by atoms with van der Waals surface area (Å²) in [5.41, 5.74) is -0.780. The molecule has 0 atom stereocenters. The van der Waals surface area contributed by atoms with Crippen LogP contribution in [0, 0.1) is 6.92 Å². The topological polar surface area (TPSA) is 66.7 Å². The molecule has 26 heavy (non-hydrogen) atoms. The maximum absolute atomic E-state index is 12.8.